The van der Waals surface area contributed by atoms with Crippen LogP contribution in [0.15, 0.2) is 0 Å². The van der Waals surface area contributed by atoms with Crippen molar-refractivity contribution >= 4 is 0 Å². The number of hydrogen-bond acceptors (Lipinski definition) is 3. The van der Waals surface area contributed by atoms with Gasteiger partial charge in [-0.05, 0) is 58.8 Å². The van der Waals surface area contributed by atoms with Crippen LogP contribution in [-0.4, -0.2) is 62.2 Å². The van der Waals surface area contributed by atoms with Gasteiger partial charge in [-0.15, -0.1) is 0 Å². The van der Waals surface area contributed by atoms with Gasteiger partial charge in [0.25, 0.3) is 0 Å². The van der Waals surface area contributed by atoms with Crippen molar-refractivity contribution in [3.05, 3.63) is 0 Å². The van der Waals surface area contributed by atoms with Crippen LogP contribution < -0.4 is 5.32 Å². The van der Waals surface area contributed by atoms with E-state index >= 15 is 0 Å². The first-order valence-corrected chi connectivity index (χ1v) is 8.15. The Hall–Kier alpha value is -0.120. The summed E-state index contributed by atoms with van der Waals surface area (Å²) in [5, 5.41) is 3.71. The van der Waals surface area contributed by atoms with Gasteiger partial charge in [0.15, 0.2) is 0 Å². The molecule has 1 heterocycles. The van der Waals surface area contributed by atoms with Crippen LogP contribution >= 0.6 is 0 Å². The lowest BCUT2D eigenvalue weighted by Crippen LogP contribution is -2.52. The zero-order valence-corrected chi connectivity index (χ0v) is 13.8. The van der Waals surface area contributed by atoms with Crippen molar-refractivity contribution in [1.82, 2.24) is 15.1 Å². The van der Waals surface area contributed by atoms with Crippen LogP contribution in [0.3, 0.4) is 0 Å². The van der Waals surface area contributed by atoms with Gasteiger partial charge in [0.05, 0.1) is 0 Å². The molecule has 0 bridgehead atoms. The molecule has 0 aromatic heterocycles. The Bertz CT molecular complexity index is 218. The average molecular weight is 269 g/mol. The second-order valence-electron chi connectivity index (χ2n) is 6.83. The summed E-state index contributed by atoms with van der Waals surface area (Å²) in [7, 11) is 4.40. The minimum atomic E-state index is 0.713. The highest BCUT2D eigenvalue weighted by molar-refractivity contribution is 4.84. The summed E-state index contributed by atoms with van der Waals surface area (Å²) in [5.41, 5.74) is 0. The molecule has 0 aromatic carbocycles. The van der Waals surface area contributed by atoms with Gasteiger partial charge < -0.3 is 10.2 Å². The molecule has 0 spiro atoms. The summed E-state index contributed by atoms with van der Waals surface area (Å²) < 4.78 is 0. The molecule has 3 heteroatoms. The molecule has 0 saturated carbocycles. The minimum absolute atomic E-state index is 0.713. The van der Waals surface area contributed by atoms with E-state index in [1.54, 1.807) is 0 Å². The molecule has 2 atom stereocenters. The zero-order chi connectivity index (χ0) is 14.3. The van der Waals surface area contributed by atoms with Crippen LogP contribution in [-0.2, 0) is 0 Å². The molecule has 114 valence electrons. The van der Waals surface area contributed by atoms with Crippen LogP contribution in [0, 0.1) is 5.92 Å². The zero-order valence-electron chi connectivity index (χ0n) is 13.8. The third-order valence-electron chi connectivity index (χ3n) is 3.97. The van der Waals surface area contributed by atoms with Gasteiger partial charge in [-0.1, -0.05) is 20.8 Å². The normalized spacial score (nSPS) is 23.2. The molecule has 0 aromatic rings. The highest BCUT2D eigenvalue weighted by Gasteiger charge is 2.26. The lowest BCUT2D eigenvalue weighted by molar-refractivity contribution is 0.102. The molecule has 1 aliphatic rings. The van der Waals surface area contributed by atoms with E-state index in [0.29, 0.717) is 6.04 Å². The maximum atomic E-state index is 3.71. The molecule has 1 rings (SSSR count). The van der Waals surface area contributed by atoms with Crippen LogP contribution in [0.5, 0.6) is 0 Å². The fraction of sp³-hybridized carbons (Fsp3) is 1.00. The maximum Gasteiger partial charge on any atom is 0.0226 e. The number of piperidine rings is 1. The van der Waals surface area contributed by atoms with E-state index in [-0.39, 0.29) is 0 Å². The van der Waals surface area contributed by atoms with Crippen molar-refractivity contribution in [2.75, 3.05) is 40.3 Å². The average Bonchev–Trinajstić information content (AvgIpc) is 2.35. The van der Waals surface area contributed by atoms with Crippen molar-refractivity contribution in [2.45, 2.75) is 58.5 Å². The molecule has 1 fully saturated rings. The van der Waals surface area contributed by atoms with Crippen molar-refractivity contribution in [1.29, 1.82) is 0 Å². The van der Waals surface area contributed by atoms with Gasteiger partial charge in [0.1, 0.15) is 0 Å². The third-order valence-corrected chi connectivity index (χ3v) is 3.97. The predicted molar refractivity (Wildman–Crippen MR) is 84.7 cm³/mol. The second kappa shape index (κ2) is 8.93. The van der Waals surface area contributed by atoms with Gasteiger partial charge in [0, 0.05) is 25.2 Å². The topological polar surface area (TPSA) is 18.5 Å². The Kier molecular flexibility index (Phi) is 7.96. The molecule has 1 aliphatic heterocycles. The molecule has 19 heavy (non-hydrogen) atoms. The number of nitrogens with one attached hydrogen (secondary N) is 1. The smallest absolute Gasteiger partial charge is 0.0226 e. The molecule has 0 amide bonds. The first kappa shape index (κ1) is 16.9. The molecule has 3 nitrogen and oxygen atoms in total. The van der Waals surface area contributed by atoms with E-state index in [9.17, 15) is 0 Å². The Morgan fingerprint density at radius 1 is 1.32 bits per heavy atom. The molecule has 0 aliphatic carbocycles. The van der Waals surface area contributed by atoms with Gasteiger partial charge >= 0.3 is 0 Å². The first-order chi connectivity index (χ1) is 9.02. The predicted octanol–water partition coefficient (Wildman–Crippen LogP) is 2.43. The van der Waals surface area contributed by atoms with Crippen LogP contribution in [0.1, 0.15) is 46.5 Å². The van der Waals surface area contributed by atoms with Gasteiger partial charge in [-0.3, -0.25) is 4.90 Å². The van der Waals surface area contributed by atoms with Crippen LogP contribution in [0.25, 0.3) is 0 Å². The van der Waals surface area contributed by atoms with E-state index in [1.165, 1.54) is 51.9 Å². The van der Waals surface area contributed by atoms with Crippen LogP contribution in [0.4, 0.5) is 0 Å². The number of likely N-dealkylation sites (tertiary alicyclic amines) is 1. The summed E-state index contributed by atoms with van der Waals surface area (Å²) in [6.45, 7) is 11.8. The summed E-state index contributed by atoms with van der Waals surface area (Å²) >= 11 is 0. The fourth-order valence-corrected chi connectivity index (χ4v) is 3.16. The summed E-state index contributed by atoms with van der Waals surface area (Å²) in [4.78, 5) is 5.08. The molecular formula is C16H35N3. The number of likely N-dealkylation sites (N-methyl/N-ethyl adjacent to an activating group) is 1. The van der Waals surface area contributed by atoms with Gasteiger partial charge in [-0.2, -0.15) is 0 Å². The largest absolute Gasteiger partial charge is 0.313 e. The Morgan fingerprint density at radius 3 is 2.63 bits per heavy atom. The third kappa shape index (κ3) is 6.73. The second-order valence-corrected chi connectivity index (χ2v) is 6.83. The van der Waals surface area contributed by atoms with E-state index in [1.807, 2.05) is 0 Å². The van der Waals surface area contributed by atoms with Crippen molar-refractivity contribution in [3.8, 4) is 0 Å². The SMILES string of the molecule is CCCNC1CCCN(C(CC(C)C)CN(C)C)C1. The first-order valence-electron chi connectivity index (χ1n) is 8.15. The maximum absolute atomic E-state index is 3.71. The molecule has 0 radical (unpaired) electrons. The number of hydrogen-bond donors (Lipinski definition) is 1. The highest BCUT2D eigenvalue weighted by atomic mass is 15.2. The number of nitrogens with zero attached hydrogens (tertiary/aromatic N) is 2. The monoisotopic (exact) mass is 269 g/mol. The fourth-order valence-electron chi connectivity index (χ4n) is 3.16. The van der Waals surface area contributed by atoms with Crippen molar-refractivity contribution in [3.63, 3.8) is 0 Å². The van der Waals surface area contributed by atoms with E-state index in [4.69, 9.17) is 0 Å². The molecule has 1 N–H and O–H groups in total. The molecule has 1 saturated heterocycles. The standard InChI is InChI=1S/C16H35N3/c1-6-9-17-15-8-7-10-19(12-15)16(11-14(2)3)13-18(4)5/h14-17H,6-13H2,1-5H3. The van der Waals surface area contributed by atoms with E-state index < -0.39 is 0 Å². The van der Waals surface area contributed by atoms with E-state index in [0.717, 1.165) is 12.0 Å². The summed E-state index contributed by atoms with van der Waals surface area (Å²) in [6.07, 6.45) is 5.26. The van der Waals surface area contributed by atoms with Crippen LogP contribution in [0.2, 0.25) is 0 Å². The Morgan fingerprint density at radius 2 is 2.05 bits per heavy atom. The summed E-state index contributed by atoms with van der Waals surface area (Å²) in [6, 6.07) is 1.44. The molecule has 2 unspecified atom stereocenters. The highest BCUT2D eigenvalue weighted by Crippen LogP contribution is 2.18. The van der Waals surface area contributed by atoms with Crippen molar-refractivity contribution < 1.29 is 0 Å². The Labute approximate surface area is 120 Å². The van der Waals surface area contributed by atoms with Gasteiger partial charge in [-0.25, -0.2) is 0 Å². The van der Waals surface area contributed by atoms with Crippen molar-refractivity contribution in [2.24, 2.45) is 5.92 Å². The number of rotatable bonds is 8. The quantitative estimate of drug-likeness (QED) is 0.730. The Balaban J connectivity index is 2.51. The summed E-state index contributed by atoms with van der Waals surface area (Å²) in [5.74, 6) is 0.786. The van der Waals surface area contributed by atoms with E-state index in [2.05, 4.69) is 50.0 Å². The lowest BCUT2D eigenvalue weighted by atomic mass is 9.97. The lowest BCUT2D eigenvalue weighted by Gasteiger charge is -2.40. The molecular weight excluding hydrogens is 234 g/mol. The minimum Gasteiger partial charge on any atom is -0.313 e. The van der Waals surface area contributed by atoms with Gasteiger partial charge in [0.2, 0.25) is 0 Å².